The predicted molar refractivity (Wildman–Crippen MR) is 48.6 cm³/mol. The zero-order valence-corrected chi connectivity index (χ0v) is 8.12. The summed E-state index contributed by atoms with van der Waals surface area (Å²) >= 11 is 0. The first kappa shape index (κ1) is 10.5. The zero-order valence-electron chi connectivity index (χ0n) is 8.12. The molecule has 1 saturated carbocycles. The van der Waals surface area contributed by atoms with Gasteiger partial charge >= 0.3 is 5.97 Å². The van der Waals surface area contributed by atoms with Crippen molar-refractivity contribution in [3.8, 4) is 0 Å². The van der Waals surface area contributed by atoms with Crippen molar-refractivity contribution in [2.24, 2.45) is 5.92 Å². The van der Waals surface area contributed by atoms with Gasteiger partial charge in [0.05, 0.1) is 6.61 Å². The summed E-state index contributed by atoms with van der Waals surface area (Å²) < 4.78 is 5.03. The SMILES string of the molecule is COCC(NC(C)C(=O)O)C1CC1. The van der Waals surface area contributed by atoms with Gasteiger partial charge in [-0.25, -0.2) is 0 Å². The van der Waals surface area contributed by atoms with Crippen molar-refractivity contribution >= 4 is 5.97 Å². The van der Waals surface area contributed by atoms with Gasteiger partial charge in [0, 0.05) is 13.2 Å². The van der Waals surface area contributed by atoms with Gasteiger partial charge in [0.2, 0.25) is 0 Å². The third kappa shape index (κ3) is 3.32. The lowest BCUT2D eigenvalue weighted by Crippen LogP contribution is -2.44. The Morgan fingerprint density at radius 3 is 2.69 bits per heavy atom. The van der Waals surface area contributed by atoms with E-state index in [-0.39, 0.29) is 6.04 Å². The summed E-state index contributed by atoms with van der Waals surface area (Å²) in [5, 5.41) is 11.8. The van der Waals surface area contributed by atoms with Gasteiger partial charge in [0.15, 0.2) is 0 Å². The van der Waals surface area contributed by atoms with E-state index in [9.17, 15) is 4.79 Å². The van der Waals surface area contributed by atoms with Gasteiger partial charge < -0.3 is 9.84 Å². The van der Waals surface area contributed by atoms with Gasteiger partial charge in [-0.3, -0.25) is 10.1 Å². The summed E-state index contributed by atoms with van der Waals surface area (Å²) in [6.45, 7) is 2.26. The molecular weight excluding hydrogens is 170 g/mol. The smallest absolute Gasteiger partial charge is 0.320 e. The van der Waals surface area contributed by atoms with Crippen LogP contribution < -0.4 is 5.32 Å². The Hall–Kier alpha value is -0.610. The van der Waals surface area contributed by atoms with Crippen LogP contribution in [-0.2, 0) is 9.53 Å². The van der Waals surface area contributed by atoms with Crippen molar-refractivity contribution in [2.75, 3.05) is 13.7 Å². The van der Waals surface area contributed by atoms with Crippen LogP contribution in [0.2, 0.25) is 0 Å². The Kier molecular flexibility index (Phi) is 3.69. The number of carboxylic acids is 1. The second kappa shape index (κ2) is 4.58. The molecule has 2 atom stereocenters. The average molecular weight is 187 g/mol. The van der Waals surface area contributed by atoms with Crippen molar-refractivity contribution in [2.45, 2.75) is 31.8 Å². The molecule has 2 unspecified atom stereocenters. The number of hydrogen-bond donors (Lipinski definition) is 2. The Morgan fingerprint density at radius 2 is 2.31 bits per heavy atom. The van der Waals surface area contributed by atoms with Crippen LogP contribution in [0.5, 0.6) is 0 Å². The first-order valence-corrected chi connectivity index (χ1v) is 4.63. The Labute approximate surface area is 78.3 Å². The topological polar surface area (TPSA) is 58.6 Å². The molecule has 2 N–H and O–H groups in total. The number of aliphatic carboxylic acids is 1. The minimum absolute atomic E-state index is 0.205. The van der Waals surface area contributed by atoms with E-state index in [1.807, 2.05) is 0 Å². The highest BCUT2D eigenvalue weighted by molar-refractivity contribution is 5.72. The molecular formula is C9H17NO3. The second-order valence-corrected chi connectivity index (χ2v) is 3.63. The minimum atomic E-state index is -0.804. The summed E-state index contributed by atoms with van der Waals surface area (Å²) in [7, 11) is 1.64. The molecule has 0 heterocycles. The molecule has 76 valence electrons. The average Bonchev–Trinajstić information content (AvgIpc) is 2.85. The fourth-order valence-corrected chi connectivity index (χ4v) is 1.39. The molecule has 0 aromatic rings. The molecule has 0 aromatic heterocycles. The van der Waals surface area contributed by atoms with Crippen LogP contribution >= 0.6 is 0 Å². The van der Waals surface area contributed by atoms with Crippen LogP contribution in [0.25, 0.3) is 0 Å². The molecule has 0 aromatic carbocycles. The Bertz CT molecular complexity index is 180. The first-order valence-electron chi connectivity index (χ1n) is 4.63. The standard InChI is InChI=1S/C9H17NO3/c1-6(9(11)12)10-8(5-13-2)7-3-4-7/h6-8,10H,3-5H2,1-2H3,(H,11,12). The highest BCUT2D eigenvalue weighted by atomic mass is 16.5. The molecule has 0 saturated heterocycles. The maximum atomic E-state index is 10.6. The highest BCUT2D eigenvalue weighted by Gasteiger charge is 2.32. The van der Waals surface area contributed by atoms with Gasteiger partial charge in [-0.05, 0) is 25.7 Å². The van der Waals surface area contributed by atoms with Crippen LogP contribution in [0.4, 0.5) is 0 Å². The van der Waals surface area contributed by atoms with Crippen LogP contribution in [-0.4, -0.2) is 36.9 Å². The van der Waals surface area contributed by atoms with Gasteiger partial charge in [0.1, 0.15) is 6.04 Å². The molecule has 1 aliphatic rings. The van der Waals surface area contributed by atoms with E-state index in [0.29, 0.717) is 12.5 Å². The second-order valence-electron chi connectivity index (χ2n) is 3.63. The number of carboxylic acid groups (broad SMARTS) is 1. The predicted octanol–water partition coefficient (Wildman–Crippen LogP) is 0.474. The third-order valence-corrected chi connectivity index (χ3v) is 2.37. The minimum Gasteiger partial charge on any atom is -0.480 e. The molecule has 1 rings (SSSR count). The largest absolute Gasteiger partial charge is 0.480 e. The van der Waals surface area contributed by atoms with E-state index in [2.05, 4.69) is 5.32 Å². The molecule has 1 aliphatic carbocycles. The quantitative estimate of drug-likeness (QED) is 0.634. The van der Waals surface area contributed by atoms with Crippen molar-refractivity contribution in [1.82, 2.24) is 5.32 Å². The number of hydrogen-bond acceptors (Lipinski definition) is 3. The number of nitrogens with one attached hydrogen (secondary N) is 1. The first-order chi connectivity index (χ1) is 6.15. The Balaban J connectivity index is 2.32. The Morgan fingerprint density at radius 1 is 1.69 bits per heavy atom. The molecule has 4 nitrogen and oxygen atoms in total. The van der Waals surface area contributed by atoms with Crippen molar-refractivity contribution < 1.29 is 14.6 Å². The van der Waals surface area contributed by atoms with E-state index in [4.69, 9.17) is 9.84 Å². The lowest BCUT2D eigenvalue weighted by molar-refractivity contribution is -0.139. The van der Waals surface area contributed by atoms with Gasteiger partial charge in [-0.2, -0.15) is 0 Å². The number of carbonyl (C=O) groups is 1. The summed E-state index contributed by atoms with van der Waals surface area (Å²) in [5.74, 6) is -0.191. The van der Waals surface area contributed by atoms with Gasteiger partial charge in [0.25, 0.3) is 0 Å². The van der Waals surface area contributed by atoms with Crippen molar-refractivity contribution in [1.29, 1.82) is 0 Å². The maximum Gasteiger partial charge on any atom is 0.320 e. The van der Waals surface area contributed by atoms with Crippen LogP contribution in [0.15, 0.2) is 0 Å². The van der Waals surface area contributed by atoms with E-state index < -0.39 is 12.0 Å². The molecule has 0 bridgehead atoms. The molecule has 0 radical (unpaired) electrons. The van der Waals surface area contributed by atoms with Crippen molar-refractivity contribution in [3.63, 3.8) is 0 Å². The van der Waals surface area contributed by atoms with Crippen LogP contribution in [0.3, 0.4) is 0 Å². The fourth-order valence-electron chi connectivity index (χ4n) is 1.39. The van der Waals surface area contributed by atoms with E-state index >= 15 is 0 Å². The molecule has 4 heteroatoms. The zero-order chi connectivity index (χ0) is 9.84. The van der Waals surface area contributed by atoms with Crippen LogP contribution in [0, 0.1) is 5.92 Å². The molecule has 0 amide bonds. The third-order valence-electron chi connectivity index (χ3n) is 2.37. The van der Waals surface area contributed by atoms with Gasteiger partial charge in [-0.15, -0.1) is 0 Å². The fraction of sp³-hybridized carbons (Fsp3) is 0.889. The summed E-state index contributed by atoms with van der Waals surface area (Å²) in [4.78, 5) is 10.6. The molecule has 13 heavy (non-hydrogen) atoms. The van der Waals surface area contributed by atoms with Crippen molar-refractivity contribution in [3.05, 3.63) is 0 Å². The van der Waals surface area contributed by atoms with E-state index in [1.54, 1.807) is 14.0 Å². The normalized spacial score (nSPS) is 21.1. The molecule has 0 aliphatic heterocycles. The highest BCUT2D eigenvalue weighted by Crippen LogP contribution is 2.32. The molecule has 0 spiro atoms. The lowest BCUT2D eigenvalue weighted by atomic mass is 10.1. The summed E-state index contributed by atoms with van der Waals surface area (Å²) in [6.07, 6.45) is 2.38. The lowest BCUT2D eigenvalue weighted by Gasteiger charge is -2.19. The van der Waals surface area contributed by atoms with E-state index in [0.717, 1.165) is 0 Å². The van der Waals surface area contributed by atoms with Gasteiger partial charge in [-0.1, -0.05) is 0 Å². The number of ether oxygens (including phenoxy) is 1. The maximum absolute atomic E-state index is 10.6. The van der Waals surface area contributed by atoms with E-state index in [1.165, 1.54) is 12.8 Å². The van der Waals surface area contributed by atoms with Crippen LogP contribution in [0.1, 0.15) is 19.8 Å². The summed E-state index contributed by atoms with van der Waals surface area (Å²) in [5.41, 5.74) is 0. The molecule has 1 fully saturated rings. The monoisotopic (exact) mass is 187 g/mol. The summed E-state index contributed by atoms with van der Waals surface area (Å²) in [6, 6.07) is -0.281. The number of methoxy groups -OCH3 is 1. The number of rotatable bonds is 6.